The lowest BCUT2D eigenvalue weighted by Gasteiger charge is -2.13. The molecule has 3 heteroatoms. The van der Waals surface area contributed by atoms with Gasteiger partial charge in [0, 0.05) is 38.0 Å². The molecule has 0 unspecified atom stereocenters. The third kappa shape index (κ3) is 4.73. The summed E-state index contributed by atoms with van der Waals surface area (Å²) in [6, 6.07) is 6.61. The van der Waals surface area contributed by atoms with Crippen LogP contribution in [0.2, 0.25) is 0 Å². The van der Waals surface area contributed by atoms with Gasteiger partial charge in [-0.15, -0.1) is 0 Å². The van der Waals surface area contributed by atoms with Crippen molar-refractivity contribution >= 4 is 65.4 Å². The molecule has 0 amide bonds. The summed E-state index contributed by atoms with van der Waals surface area (Å²) in [7, 11) is 0. The first-order valence-electron chi connectivity index (χ1n) is 28.8. The molecule has 9 aromatic carbocycles. The topological polar surface area (TPSA) is 14.8 Å². The highest BCUT2D eigenvalue weighted by atomic mass is 15.0. The number of hydrogen-bond acceptors (Lipinski definition) is 0. The lowest BCUT2D eigenvalue weighted by Crippen LogP contribution is -1.98. The molecule has 0 aliphatic carbocycles. The molecule has 0 aliphatic heterocycles. The van der Waals surface area contributed by atoms with Crippen LogP contribution in [0.25, 0.3) is 105 Å². The summed E-state index contributed by atoms with van der Waals surface area (Å²) < 4.78 is 207. The van der Waals surface area contributed by atoms with E-state index >= 15 is 0 Å². The van der Waals surface area contributed by atoms with Crippen LogP contribution in [0.3, 0.4) is 0 Å². The van der Waals surface area contributed by atoms with Gasteiger partial charge in [-0.25, -0.2) is 0 Å². The van der Waals surface area contributed by atoms with Gasteiger partial charge in [0.05, 0.1) is 74.6 Å². The summed E-state index contributed by atoms with van der Waals surface area (Å²) in [5, 5.41) is -2.50. The smallest absolute Gasteiger partial charge is 0.0645 e. The maximum Gasteiger partial charge on any atom is 0.0645 e. The first-order chi connectivity index (χ1) is 37.5. The van der Waals surface area contributed by atoms with Gasteiger partial charge in [0.25, 0.3) is 0 Å². The zero-order chi connectivity index (χ0) is 56.6. The van der Waals surface area contributed by atoms with Gasteiger partial charge in [-0.3, -0.25) is 0 Å². The summed E-state index contributed by atoms with van der Waals surface area (Å²) in [5.41, 5.74) is -0.460. The molecule has 0 saturated heterocycles. The fourth-order valence-corrected chi connectivity index (χ4v) is 7.91. The summed E-state index contributed by atoms with van der Waals surface area (Å²) in [6.07, 6.45) is 0. The molecular formula is C54H35N3. The van der Waals surface area contributed by atoms with Crippen molar-refractivity contribution in [3.05, 3.63) is 212 Å². The van der Waals surface area contributed by atoms with Gasteiger partial charge in [-0.2, -0.15) is 0 Å². The molecule has 12 aromatic rings. The number of benzene rings is 9. The van der Waals surface area contributed by atoms with Crippen molar-refractivity contribution in [2.24, 2.45) is 0 Å². The molecule has 57 heavy (non-hydrogen) atoms. The van der Waals surface area contributed by atoms with E-state index in [1.165, 1.54) is 4.57 Å². The predicted octanol–water partition coefficient (Wildman–Crippen LogP) is 14.3. The first-order valence-corrected chi connectivity index (χ1v) is 17.8. The van der Waals surface area contributed by atoms with Crippen LogP contribution in [-0.4, -0.2) is 13.7 Å². The van der Waals surface area contributed by atoms with Gasteiger partial charge in [0.1, 0.15) is 0 Å². The van der Waals surface area contributed by atoms with Crippen LogP contribution in [0.4, 0.5) is 0 Å². The molecule has 0 fully saturated rings. The third-order valence-corrected chi connectivity index (χ3v) is 10.3. The number of para-hydroxylation sites is 4. The molecule has 0 atom stereocenters. The highest BCUT2D eigenvalue weighted by molar-refractivity contribution is 6.19. The van der Waals surface area contributed by atoms with Gasteiger partial charge in [-0.05, 0) is 88.8 Å². The van der Waals surface area contributed by atoms with E-state index in [1.807, 2.05) is 60.7 Å². The molecule has 266 valence electrons. The Morgan fingerprint density at radius 3 is 1.30 bits per heavy atom. The molecule has 0 saturated carbocycles. The van der Waals surface area contributed by atoms with Crippen LogP contribution < -0.4 is 0 Å². The lowest BCUT2D eigenvalue weighted by molar-refractivity contribution is 1.17. The van der Waals surface area contributed by atoms with E-state index < -0.39 is 188 Å². The van der Waals surface area contributed by atoms with Crippen LogP contribution in [0, 0.1) is 0 Å². The van der Waals surface area contributed by atoms with E-state index in [2.05, 4.69) is 0 Å². The Balaban J connectivity index is 1.32. The van der Waals surface area contributed by atoms with Gasteiger partial charge < -0.3 is 13.7 Å². The van der Waals surface area contributed by atoms with Crippen molar-refractivity contribution in [3.8, 4) is 39.3 Å². The van der Waals surface area contributed by atoms with Crippen molar-refractivity contribution in [1.29, 1.82) is 0 Å². The Labute approximate surface area is 360 Å². The zero-order valence-corrected chi connectivity index (χ0v) is 29.3. The maximum atomic E-state index is 9.84. The van der Waals surface area contributed by atoms with E-state index in [4.69, 9.17) is 13.7 Å². The predicted molar refractivity (Wildman–Crippen MR) is 240 cm³/mol. The number of nitrogens with zero attached hydrogens (tertiary/aromatic N) is 3. The van der Waals surface area contributed by atoms with Crippen molar-refractivity contribution in [3.63, 3.8) is 0 Å². The third-order valence-electron chi connectivity index (χ3n) is 10.3. The zero-order valence-electron chi connectivity index (χ0n) is 51.3. The molecule has 3 aromatic heterocycles. The van der Waals surface area contributed by atoms with Crippen LogP contribution in [0.1, 0.15) is 30.2 Å². The molecule has 12 rings (SSSR count). The molecule has 0 spiro atoms. The van der Waals surface area contributed by atoms with Gasteiger partial charge in [0.2, 0.25) is 0 Å². The Morgan fingerprint density at radius 1 is 0.298 bits per heavy atom. The average molecular weight is 748 g/mol. The van der Waals surface area contributed by atoms with Gasteiger partial charge in [-0.1, -0.05) is 145 Å². The number of rotatable bonds is 5. The molecule has 0 radical (unpaired) electrons. The largest absolute Gasteiger partial charge is 0.309 e. The fraction of sp³-hybridized carbons (Fsp3) is 0. The lowest BCUT2D eigenvalue weighted by atomic mass is 9.99. The quantitative estimate of drug-likeness (QED) is 0.167. The first kappa shape index (κ1) is 17.0. The summed E-state index contributed by atoms with van der Waals surface area (Å²) >= 11 is 0. The summed E-state index contributed by atoms with van der Waals surface area (Å²) in [5.74, 6) is 0. The van der Waals surface area contributed by atoms with Gasteiger partial charge >= 0.3 is 0 Å². The minimum atomic E-state index is -0.943. The Bertz CT molecular complexity index is 4730. The number of fused-ring (bicyclic) bond motifs is 9. The SMILES string of the molecule is [2H]c1c([2H])c([2H])c2c(c1[2H])c1c(-n3c4c([2H])c([2H])c([2H])c([2H])c4c4c(-n5c6c([2H])c([2H])c([2H])c([2H])c6c6c([2H])c([2H])c([2H])c([2H])c65)c([2H])c([2H])c([2H])c43)c([2H])c([2H])c([2H])c1n2-c1cccc(-c2cccc(-c3ccccc3)c2)c1. The number of hydrogen-bond donors (Lipinski definition) is 0. The molecule has 0 N–H and O–H groups in total. The van der Waals surface area contributed by atoms with Crippen LogP contribution in [0.15, 0.2) is 212 Å². The van der Waals surface area contributed by atoms with E-state index in [9.17, 15) is 16.4 Å². The second-order valence-corrected chi connectivity index (χ2v) is 13.3. The van der Waals surface area contributed by atoms with Crippen LogP contribution in [0.5, 0.6) is 0 Å². The molecule has 3 heterocycles. The van der Waals surface area contributed by atoms with E-state index in [1.54, 1.807) is 18.2 Å². The fourth-order valence-electron chi connectivity index (χ4n) is 7.91. The Hall–Kier alpha value is -7.62. The van der Waals surface area contributed by atoms with Crippen LogP contribution >= 0.6 is 0 Å². The highest BCUT2D eigenvalue weighted by Crippen LogP contribution is 2.43. The Morgan fingerprint density at radius 2 is 0.702 bits per heavy atom. The van der Waals surface area contributed by atoms with Crippen LogP contribution in [-0.2, 0) is 0 Å². The molecular weight excluding hydrogens is 691 g/mol. The standard InChI is InChI=1S/C54H35N3/c1-2-16-36(17-3-1)37-18-12-19-38(34-37)39-20-13-21-40(35-39)55-47-28-10-6-24-43(47)53-49(55)30-14-32-51(53)57-48-29-11-7-25-44(48)54-50(31-15-33-52(54)57)56-45-26-8-4-22-41(45)42-23-5-9-27-46(42)56/h1-35H/i4D,5D,6D,7D,8D,9D,10D,11D,14D,15D,22D,23D,24D,25D,26D,27D,28D,29D,30D,31D,32D,33D. The monoisotopic (exact) mass is 747 g/mol. The minimum absolute atomic E-state index is 0.226. The summed E-state index contributed by atoms with van der Waals surface area (Å²) in [4.78, 5) is 0. The van der Waals surface area contributed by atoms with E-state index in [0.29, 0.717) is 5.56 Å². The van der Waals surface area contributed by atoms with E-state index in [-0.39, 0.29) is 27.5 Å². The second kappa shape index (κ2) is 12.5. The van der Waals surface area contributed by atoms with Crippen molar-refractivity contribution in [2.45, 2.75) is 0 Å². The van der Waals surface area contributed by atoms with E-state index in [0.717, 1.165) is 25.8 Å². The van der Waals surface area contributed by atoms with Crippen molar-refractivity contribution < 1.29 is 30.2 Å². The van der Waals surface area contributed by atoms with Crippen molar-refractivity contribution in [2.75, 3.05) is 0 Å². The number of aromatic nitrogens is 3. The minimum Gasteiger partial charge on any atom is -0.309 e. The second-order valence-electron chi connectivity index (χ2n) is 13.3. The molecule has 3 nitrogen and oxygen atoms in total. The molecule has 0 bridgehead atoms. The van der Waals surface area contributed by atoms with Gasteiger partial charge in [0.15, 0.2) is 0 Å². The Kier molecular flexibility index (Phi) is 3.72. The molecule has 0 aliphatic rings. The normalized spacial score (nSPS) is 17.3. The highest BCUT2D eigenvalue weighted by Gasteiger charge is 2.22. The maximum absolute atomic E-state index is 9.84. The summed E-state index contributed by atoms with van der Waals surface area (Å²) in [6.45, 7) is 0. The average Bonchev–Trinajstić information content (AvgIpc) is 4.15. The van der Waals surface area contributed by atoms with Crippen molar-refractivity contribution in [1.82, 2.24) is 13.7 Å².